The minimum absolute atomic E-state index is 0.0720. The minimum Gasteiger partial charge on any atom is -0.507 e. The molecule has 1 amide bonds. The van der Waals surface area contributed by atoms with Crippen LogP contribution in [0.4, 0.5) is 5.69 Å². The van der Waals surface area contributed by atoms with E-state index >= 15 is 0 Å². The number of aromatic nitrogens is 1. The van der Waals surface area contributed by atoms with Crippen molar-refractivity contribution < 1.29 is 29.0 Å². The maximum absolute atomic E-state index is 13.4. The quantitative estimate of drug-likeness (QED) is 0.175. The molecule has 3 aromatic rings. The van der Waals surface area contributed by atoms with E-state index in [-0.39, 0.29) is 17.4 Å². The number of nitrogens with zero attached hydrogens (tertiary/aromatic N) is 2. The van der Waals surface area contributed by atoms with Crippen molar-refractivity contribution in [2.45, 2.75) is 46.8 Å². The maximum atomic E-state index is 13.4. The topological polar surface area (TPSA) is 106 Å². The summed E-state index contributed by atoms with van der Waals surface area (Å²) in [6.07, 6.45) is 1.28. The van der Waals surface area contributed by atoms with E-state index in [1.54, 1.807) is 68.6 Å². The number of pyridine rings is 1. The third-order valence-corrected chi connectivity index (χ3v) is 6.16. The summed E-state index contributed by atoms with van der Waals surface area (Å²) in [6, 6.07) is 15.5. The van der Waals surface area contributed by atoms with E-state index in [1.807, 2.05) is 6.92 Å². The largest absolute Gasteiger partial charge is 0.507 e. The van der Waals surface area contributed by atoms with Gasteiger partial charge in [-0.3, -0.25) is 19.5 Å². The molecule has 1 fully saturated rings. The van der Waals surface area contributed by atoms with Crippen LogP contribution < -0.4 is 9.64 Å². The van der Waals surface area contributed by atoms with Gasteiger partial charge in [-0.2, -0.15) is 0 Å². The molecule has 0 radical (unpaired) electrons. The first-order valence-electron chi connectivity index (χ1n) is 12.8. The summed E-state index contributed by atoms with van der Waals surface area (Å²) in [4.78, 5) is 44.7. The Morgan fingerprint density at radius 2 is 1.69 bits per heavy atom. The summed E-state index contributed by atoms with van der Waals surface area (Å²) in [5, 5.41) is 11.4. The summed E-state index contributed by atoms with van der Waals surface area (Å²) < 4.78 is 11.1. The zero-order valence-electron chi connectivity index (χ0n) is 22.7. The van der Waals surface area contributed by atoms with Crippen molar-refractivity contribution in [2.75, 3.05) is 11.5 Å². The molecule has 8 nitrogen and oxygen atoms in total. The molecule has 202 valence electrons. The normalized spacial score (nSPS) is 16.7. The molecule has 0 aliphatic carbocycles. The highest BCUT2D eigenvalue weighted by molar-refractivity contribution is 6.51. The van der Waals surface area contributed by atoms with Crippen LogP contribution >= 0.6 is 0 Å². The molecule has 2 heterocycles. The Morgan fingerprint density at radius 1 is 1.00 bits per heavy atom. The summed E-state index contributed by atoms with van der Waals surface area (Å²) in [5.74, 6) is -1.40. The van der Waals surface area contributed by atoms with E-state index in [2.05, 4.69) is 18.8 Å². The molecule has 2 aromatic carbocycles. The fourth-order valence-electron chi connectivity index (χ4n) is 4.33. The van der Waals surface area contributed by atoms with E-state index < -0.39 is 23.7 Å². The first-order valence-corrected chi connectivity index (χ1v) is 12.8. The van der Waals surface area contributed by atoms with Crippen LogP contribution in [0.3, 0.4) is 0 Å². The standard InChI is InChI=1S/C31H32N2O6/c1-18(2)17-38-25-14-11-22(16-20(25)5)28(34)26-27(24-8-6-7-15-32-24)33(30(36)29(26)35)23-12-9-21(10-13-23)31(37)39-19(3)4/h6-16,18-19,27,34H,17H2,1-5H3/b28-26-. The first-order chi connectivity index (χ1) is 18.6. The van der Waals surface area contributed by atoms with Gasteiger partial charge in [-0.25, -0.2) is 4.79 Å². The third kappa shape index (κ3) is 5.85. The smallest absolute Gasteiger partial charge is 0.338 e. The first kappa shape index (κ1) is 27.6. The van der Waals surface area contributed by atoms with Gasteiger partial charge in [-0.05, 0) is 86.8 Å². The van der Waals surface area contributed by atoms with Crippen molar-refractivity contribution in [1.82, 2.24) is 4.98 Å². The van der Waals surface area contributed by atoms with E-state index in [1.165, 1.54) is 17.0 Å². The summed E-state index contributed by atoms with van der Waals surface area (Å²) in [6.45, 7) is 10.0. The lowest BCUT2D eigenvalue weighted by atomic mass is 9.97. The molecule has 1 aliphatic heterocycles. The Balaban J connectivity index is 1.77. The number of hydrogen-bond acceptors (Lipinski definition) is 7. The van der Waals surface area contributed by atoms with Gasteiger partial charge in [0.25, 0.3) is 11.7 Å². The number of Topliss-reactive ketones (excluding diaryl/α,β-unsaturated/α-hetero) is 1. The lowest BCUT2D eigenvalue weighted by molar-refractivity contribution is -0.132. The molecule has 39 heavy (non-hydrogen) atoms. The number of carbonyl (C=O) groups is 3. The second-order valence-electron chi connectivity index (χ2n) is 10.1. The predicted molar refractivity (Wildman–Crippen MR) is 148 cm³/mol. The number of aliphatic hydroxyl groups is 1. The van der Waals surface area contributed by atoms with E-state index in [0.29, 0.717) is 40.8 Å². The number of hydrogen-bond donors (Lipinski definition) is 1. The Kier molecular flexibility index (Phi) is 8.14. The molecule has 1 atom stereocenters. The van der Waals surface area contributed by atoms with Crippen LogP contribution in [0.25, 0.3) is 5.76 Å². The lowest BCUT2D eigenvalue weighted by Gasteiger charge is -2.24. The van der Waals surface area contributed by atoms with Crippen LogP contribution in [0, 0.1) is 12.8 Å². The Morgan fingerprint density at radius 3 is 2.28 bits per heavy atom. The van der Waals surface area contributed by atoms with Crippen LogP contribution in [0.2, 0.25) is 0 Å². The van der Waals surface area contributed by atoms with Crippen molar-refractivity contribution in [3.63, 3.8) is 0 Å². The molecule has 1 aliphatic rings. The fraction of sp³-hybridized carbons (Fsp3) is 0.290. The zero-order chi connectivity index (χ0) is 28.3. The third-order valence-electron chi connectivity index (χ3n) is 6.16. The van der Waals surface area contributed by atoms with E-state index in [9.17, 15) is 19.5 Å². The van der Waals surface area contributed by atoms with Gasteiger partial charge in [0.1, 0.15) is 17.6 Å². The molecule has 0 spiro atoms. The number of ketones is 1. The number of amides is 1. The Labute approximate surface area is 227 Å². The average Bonchev–Trinajstić information content (AvgIpc) is 3.17. The summed E-state index contributed by atoms with van der Waals surface area (Å²) in [7, 11) is 0. The van der Waals surface area contributed by atoms with Gasteiger partial charge in [0, 0.05) is 17.4 Å². The molecule has 4 rings (SSSR count). The molecule has 0 bridgehead atoms. The molecular formula is C31H32N2O6. The molecule has 0 saturated carbocycles. The summed E-state index contributed by atoms with van der Waals surface area (Å²) in [5.41, 5.74) is 2.20. The number of aliphatic hydroxyl groups excluding tert-OH is 1. The molecule has 1 saturated heterocycles. The predicted octanol–water partition coefficient (Wildman–Crippen LogP) is 5.62. The Bertz CT molecular complexity index is 1410. The molecule has 1 aromatic heterocycles. The minimum atomic E-state index is -0.975. The van der Waals surface area contributed by atoms with Gasteiger partial charge >= 0.3 is 5.97 Å². The van der Waals surface area contributed by atoms with Gasteiger partial charge in [0.05, 0.1) is 29.5 Å². The Hall–Kier alpha value is -4.46. The molecule has 1 N–H and O–H groups in total. The van der Waals surface area contributed by atoms with Crippen molar-refractivity contribution in [1.29, 1.82) is 0 Å². The van der Waals surface area contributed by atoms with E-state index in [4.69, 9.17) is 9.47 Å². The van der Waals surface area contributed by atoms with Crippen molar-refractivity contribution in [3.8, 4) is 5.75 Å². The second-order valence-corrected chi connectivity index (χ2v) is 10.1. The number of carbonyl (C=O) groups excluding carboxylic acids is 3. The second kappa shape index (κ2) is 11.5. The average molecular weight is 529 g/mol. The number of benzene rings is 2. The highest BCUT2D eigenvalue weighted by Crippen LogP contribution is 2.41. The number of esters is 1. The molecule has 1 unspecified atom stereocenters. The highest BCUT2D eigenvalue weighted by Gasteiger charge is 2.47. The van der Waals surface area contributed by atoms with Crippen LogP contribution in [-0.4, -0.2) is 40.5 Å². The van der Waals surface area contributed by atoms with Crippen LogP contribution in [0.5, 0.6) is 5.75 Å². The number of anilines is 1. The van der Waals surface area contributed by atoms with Crippen LogP contribution in [0.1, 0.15) is 60.9 Å². The monoisotopic (exact) mass is 528 g/mol. The number of ether oxygens (including phenoxy) is 2. The molecule has 8 heteroatoms. The molecular weight excluding hydrogens is 496 g/mol. The summed E-state index contributed by atoms with van der Waals surface area (Å²) >= 11 is 0. The fourth-order valence-corrected chi connectivity index (χ4v) is 4.33. The van der Waals surface area contributed by atoms with E-state index in [0.717, 1.165) is 5.56 Å². The number of rotatable bonds is 8. The van der Waals surface area contributed by atoms with Crippen LogP contribution in [0.15, 0.2) is 72.4 Å². The van der Waals surface area contributed by atoms with Crippen molar-refractivity contribution in [3.05, 3.63) is 94.8 Å². The SMILES string of the molecule is Cc1cc(/C(O)=C2/C(=O)C(=O)N(c3ccc(C(=O)OC(C)C)cc3)C2c2ccccn2)ccc1OCC(C)C. The number of aryl methyl sites for hydroxylation is 1. The van der Waals surface area contributed by atoms with Gasteiger partial charge in [0.15, 0.2) is 0 Å². The van der Waals surface area contributed by atoms with Crippen molar-refractivity contribution >= 4 is 29.1 Å². The highest BCUT2D eigenvalue weighted by atomic mass is 16.5. The van der Waals surface area contributed by atoms with Gasteiger partial charge in [0.2, 0.25) is 0 Å². The van der Waals surface area contributed by atoms with Crippen molar-refractivity contribution in [2.24, 2.45) is 5.92 Å². The maximum Gasteiger partial charge on any atom is 0.338 e. The lowest BCUT2D eigenvalue weighted by Crippen LogP contribution is -2.29. The zero-order valence-corrected chi connectivity index (χ0v) is 22.7. The van der Waals surface area contributed by atoms with Gasteiger partial charge < -0.3 is 14.6 Å². The van der Waals surface area contributed by atoms with Gasteiger partial charge in [-0.1, -0.05) is 19.9 Å². The van der Waals surface area contributed by atoms with Crippen LogP contribution in [-0.2, 0) is 14.3 Å². The van der Waals surface area contributed by atoms with Gasteiger partial charge in [-0.15, -0.1) is 0 Å².